The molecule has 2 aromatic rings. The number of anilines is 2. The maximum Gasteiger partial charge on any atom is 0.270 e. The van der Waals surface area contributed by atoms with E-state index in [1.165, 1.54) is 11.4 Å². The predicted molar refractivity (Wildman–Crippen MR) is 108 cm³/mol. The summed E-state index contributed by atoms with van der Waals surface area (Å²) in [6, 6.07) is 12.4. The second-order valence-corrected chi connectivity index (χ2v) is 7.05. The molecule has 27 heavy (non-hydrogen) atoms. The fourth-order valence-corrected chi connectivity index (χ4v) is 4.07. The van der Waals surface area contributed by atoms with E-state index in [-0.39, 0.29) is 5.91 Å². The van der Waals surface area contributed by atoms with E-state index in [9.17, 15) is 4.79 Å². The van der Waals surface area contributed by atoms with Gasteiger partial charge in [0.25, 0.3) is 5.91 Å². The Labute approximate surface area is 158 Å². The SMILES string of the molecule is O=C1C=Cc2c(c(-c3ccccc3)cc(N3CCNC3)c2N2CCNC2)[N]1. The van der Waals surface area contributed by atoms with Crippen LogP contribution in [0.1, 0.15) is 5.56 Å². The van der Waals surface area contributed by atoms with Crippen LogP contribution in [-0.4, -0.2) is 45.4 Å². The molecule has 3 heterocycles. The lowest BCUT2D eigenvalue weighted by atomic mass is 9.94. The second-order valence-electron chi connectivity index (χ2n) is 7.05. The summed E-state index contributed by atoms with van der Waals surface area (Å²) < 4.78 is 0. The molecule has 0 spiro atoms. The number of amides is 1. The van der Waals surface area contributed by atoms with E-state index in [0.717, 1.165) is 61.9 Å². The molecule has 2 N–H and O–H groups in total. The van der Waals surface area contributed by atoms with Crippen molar-refractivity contribution in [2.75, 3.05) is 49.3 Å². The monoisotopic (exact) mass is 360 g/mol. The Kier molecular flexibility index (Phi) is 4.07. The Morgan fingerprint density at radius 1 is 0.926 bits per heavy atom. The minimum absolute atomic E-state index is 0.194. The van der Waals surface area contributed by atoms with Gasteiger partial charge in [0, 0.05) is 43.4 Å². The van der Waals surface area contributed by atoms with E-state index in [1.54, 1.807) is 6.08 Å². The lowest BCUT2D eigenvalue weighted by molar-refractivity contribution is -0.115. The minimum atomic E-state index is -0.194. The molecule has 137 valence electrons. The number of nitrogens with one attached hydrogen (secondary N) is 2. The van der Waals surface area contributed by atoms with Gasteiger partial charge in [-0.2, -0.15) is 0 Å². The van der Waals surface area contributed by atoms with E-state index in [1.807, 2.05) is 24.3 Å². The Bertz CT molecular complexity index is 897. The first kappa shape index (κ1) is 16.4. The Morgan fingerprint density at radius 2 is 1.67 bits per heavy atom. The van der Waals surface area contributed by atoms with E-state index in [0.29, 0.717) is 0 Å². The molecule has 2 fully saturated rings. The number of rotatable bonds is 3. The molecule has 1 amide bonds. The van der Waals surface area contributed by atoms with Crippen LogP contribution in [0.3, 0.4) is 0 Å². The van der Waals surface area contributed by atoms with E-state index < -0.39 is 0 Å². The highest BCUT2D eigenvalue weighted by Crippen LogP contribution is 2.46. The lowest BCUT2D eigenvalue weighted by Gasteiger charge is -2.31. The summed E-state index contributed by atoms with van der Waals surface area (Å²) in [4.78, 5) is 16.8. The van der Waals surface area contributed by atoms with Gasteiger partial charge in [0.1, 0.15) is 0 Å². The van der Waals surface area contributed by atoms with Gasteiger partial charge in [-0.3, -0.25) is 15.4 Å². The van der Waals surface area contributed by atoms with Crippen molar-refractivity contribution in [3.63, 3.8) is 0 Å². The van der Waals surface area contributed by atoms with E-state index >= 15 is 0 Å². The van der Waals surface area contributed by atoms with Gasteiger partial charge in [-0.25, -0.2) is 5.32 Å². The fraction of sp³-hybridized carbons (Fsp3) is 0.286. The second kappa shape index (κ2) is 6.72. The first-order valence-corrected chi connectivity index (χ1v) is 9.43. The number of fused-ring (bicyclic) bond motifs is 1. The van der Waals surface area contributed by atoms with Crippen LogP contribution < -0.4 is 25.8 Å². The van der Waals surface area contributed by atoms with Crippen molar-refractivity contribution in [2.45, 2.75) is 0 Å². The number of hydrogen-bond acceptors (Lipinski definition) is 5. The van der Waals surface area contributed by atoms with Crippen molar-refractivity contribution < 1.29 is 4.79 Å². The number of hydrogen-bond donors (Lipinski definition) is 2. The normalized spacial score (nSPS) is 18.7. The number of benzene rings is 2. The molecule has 6 nitrogen and oxygen atoms in total. The van der Waals surface area contributed by atoms with Crippen LogP contribution >= 0.6 is 0 Å². The zero-order valence-electron chi connectivity index (χ0n) is 15.1. The van der Waals surface area contributed by atoms with Crippen molar-refractivity contribution in [3.8, 4) is 11.1 Å². The molecule has 0 saturated carbocycles. The van der Waals surface area contributed by atoms with Crippen LogP contribution in [0.15, 0.2) is 42.5 Å². The Balaban J connectivity index is 1.76. The van der Waals surface area contributed by atoms with Gasteiger partial charge in [-0.05, 0) is 17.7 Å². The largest absolute Gasteiger partial charge is 0.356 e. The van der Waals surface area contributed by atoms with Crippen molar-refractivity contribution in [1.82, 2.24) is 16.0 Å². The summed E-state index contributed by atoms with van der Waals surface area (Å²) in [5.74, 6) is -0.194. The molecule has 5 rings (SSSR count). The molecule has 6 heteroatoms. The molecule has 0 aromatic heterocycles. The maximum atomic E-state index is 12.1. The van der Waals surface area contributed by atoms with Gasteiger partial charge in [-0.15, -0.1) is 0 Å². The van der Waals surface area contributed by atoms with Gasteiger partial charge < -0.3 is 9.80 Å². The van der Waals surface area contributed by atoms with Gasteiger partial charge in [0.05, 0.1) is 30.4 Å². The minimum Gasteiger partial charge on any atom is -0.356 e. The molecule has 0 unspecified atom stereocenters. The molecule has 0 bridgehead atoms. The first-order chi connectivity index (χ1) is 13.3. The van der Waals surface area contributed by atoms with Crippen LogP contribution in [0.4, 0.5) is 17.1 Å². The van der Waals surface area contributed by atoms with Crippen LogP contribution in [0.25, 0.3) is 17.2 Å². The quantitative estimate of drug-likeness (QED) is 0.875. The van der Waals surface area contributed by atoms with Crippen molar-refractivity contribution >= 4 is 29.0 Å². The predicted octanol–water partition coefficient (Wildman–Crippen LogP) is 1.88. The summed E-state index contributed by atoms with van der Waals surface area (Å²) in [6.45, 7) is 5.52. The molecule has 3 aliphatic rings. The molecule has 0 aliphatic carbocycles. The summed E-state index contributed by atoms with van der Waals surface area (Å²) >= 11 is 0. The fourth-order valence-electron chi connectivity index (χ4n) is 4.07. The summed E-state index contributed by atoms with van der Waals surface area (Å²) in [7, 11) is 0. The summed E-state index contributed by atoms with van der Waals surface area (Å²) in [5, 5.41) is 11.3. The van der Waals surface area contributed by atoms with Gasteiger partial charge >= 0.3 is 0 Å². The zero-order chi connectivity index (χ0) is 18.2. The average molecular weight is 360 g/mol. The van der Waals surface area contributed by atoms with Crippen LogP contribution in [-0.2, 0) is 4.79 Å². The standard InChI is InChI=1S/C21H22N5O/c27-19-7-6-16-20(24-19)17(15-4-2-1-3-5-15)12-18(25-10-8-22-13-25)21(16)26-11-9-23-14-26/h1-7,12,22-23H,8-11,13-14H2. The van der Waals surface area contributed by atoms with E-state index in [2.05, 4.69) is 43.9 Å². The maximum absolute atomic E-state index is 12.1. The number of carbonyl (C=O) groups is 1. The van der Waals surface area contributed by atoms with Gasteiger partial charge in [0.15, 0.2) is 0 Å². The van der Waals surface area contributed by atoms with Crippen molar-refractivity contribution in [2.24, 2.45) is 0 Å². The molecule has 2 saturated heterocycles. The Morgan fingerprint density at radius 3 is 2.37 bits per heavy atom. The third-order valence-electron chi connectivity index (χ3n) is 5.37. The highest BCUT2D eigenvalue weighted by Gasteiger charge is 2.29. The molecule has 1 radical (unpaired) electrons. The number of carbonyl (C=O) groups excluding carboxylic acids is 1. The third kappa shape index (κ3) is 2.87. The molecule has 0 atom stereocenters. The van der Waals surface area contributed by atoms with Crippen LogP contribution in [0.5, 0.6) is 0 Å². The van der Waals surface area contributed by atoms with Gasteiger partial charge in [0.2, 0.25) is 0 Å². The van der Waals surface area contributed by atoms with Crippen molar-refractivity contribution in [1.29, 1.82) is 0 Å². The molecular formula is C21H22N5O. The topological polar surface area (TPSA) is 61.7 Å². The molecular weight excluding hydrogens is 338 g/mol. The molecule has 3 aliphatic heterocycles. The lowest BCUT2D eigenvalue weighted by Crippen LogP contribution is -2.29. The smallest absolute Gasteiger partial charge is 0.270 e. The first-order valence-electron chi connectivity index (χ1n) is 9.43. The number of nitrogens with zero attached hydrogens (tertiary/aromatic N) is 3. The zero-order valence-corrected chi connectivity index (χ0v) is 15.1. The van der Waals surface area contributed by atoms with Crippen LogP contribution in [0, 0.1) is 0 Å². The summed E-state index contributed by atoms with van der Waals surface area (Å²) in [6.07, 6.45) is 3.52. The van der Waals surface area contributed by atoms with Crippen LogP contribution in [0.2, 0.25) is 0 Å². The highest BCUT2D eigenvalue weighted by molar-refractivity contribution is 6.07. The third-order valence-corrected chi connectivity index (χ3v) is 5.37. The Hall–Kier alpha value is -2.83. The highest BCUT2D eigenvalue weighted by atomic mass is 16.1. The summed E-state index contributed by atoms with van der Waals surface area (Å²) in [5.41, 5.74) is 6.30. The van der Waals surface area contributed by atoms with Crippen molar-refractivity contribution in [3.05, 3.63) is 48.0 Å². The average Bonchev–Trinajstić information content (AvgIpc) is 3.41. The van der Waals surface area contributed by atoms with Gasteiger partial charge in [-0.1, -0.05) is 30.3 Å². The van der Waals surface area contributed by atoms with E-state index in [4.69, 9.17) is 0 Å². The molecule has 2 aromatic carbocycles.